The molecule has 25 heavy (non-hydrogen) atoms. The standard InChI is InChI=1S/C16H20F3N5O/c1-25-10-9-23-8-6-20-14(23)12-3-2-7-24(11-12)15-21-5-4-13(22-15)16(17,18)19/h4-6,8,12H,2-3,7,9-11H2,1H3. The number of imidazole rings is 1. The summed E-state index contributed by atoms with van der Waals surface area (Å²) in [5, 5.41) is 0. The Balaban J connectivity index is 1.77. The van der Waals surface area contributed by atoms with Crippen LogP contribution in [0.25, 0.3) is 0 Å². The summed E-state index contributed by atoms with van der Waals surface area (Å²) in [6.45, 7) is 2.46. The van der Waals surface area contributed by atoms with Crippen LogP contribution in [0.3, 0.4) is 0 Å². The number of anilines is 1. The molecular formula is C16H20F3N5O. The van der Waals surface area contributed by atoms with Crippen molar-refractivity contribution in [3.05, 3.63) is 36.2 Å². The van der Waals surface area contributed by atoms with Gasteiger partial charge in [-0.1, -0.05) is 0 Å². The number of hydrogen-bond donors (Lipinski definition) is 0. The molecule has 0 N–H and O–H groups in total. The van der Waals surface area contributed by atoms with Crippen molar-refractivity contribution in [1.82, 2.24) is 19.5 Å². The van der Waals surface area contributed by atoms with E-state index in [9.17, 15) is 13.2 Å². The Morgan fingerprint density at radius 1 is 1.28 bits per heavy atom. The normalized spacial score (nSPS) is 18.6. The lowest BCUT2D eigenvalue weighted by Crippen LogP contribution is -2.37. The van der Waals surface area contributed by atoms with E-state index in [0.29, 0.717) is 26.2 Å². The van der Waals surface area contributed by atoms with Gasteiger partial charge in [-0.3, -0.25) is 0 Å². The first-order valence-electron chi connectivity index (χ1n) is 8.14. The lowest BCUT2D eigenvalue weighted by molar-refractivity contribution is -0.141. The average Bonchev–Trinajstić information content (AvgIpc) is 3.08. The predicted octanol–water partition coefficient (Wildman–Crippen LogP) is 2.72. The number of methoxy groups -OCH3 is 1. The third-order valence-corrected chi connectivity index (χ3v) is 4.29. The molecule has 1 atom stereocenters. The Morgan fingerprint density at radius 2 is 2.12 bits per heavy atom. The van der Waals surface area contributed by atoms with Crippen LogP contribution in [0.1, 0.15) is 30.3 Å². The topological polar surface area (TPSA) is 56.1 Å². The van der Waals surface area contributed by atoms with Crippen LogP contribution >= 0.6 is 0 Å². The van der Waals surface area contributed by atoms with Crippen molar-refractivity contribution in [3.8, 4) is 0 Å². The van der Waals surface area contributed by atoms with Gasteiger partial charge in [0.1, 0.15) is 11.5 Å². The van der Waals surface area contributed by atoms with Crippen molar-refractivity contribution in [3.63, 3.8) is 0 Å². The number of hydrogen-bond acceptors (Lipinski definition) is 5. The van der Waals surface area contributed by atoms with Crippen molar-refractivity contribution in [2.24, 2.45) is 0 Å². The third-order valence-electron chi connectivity index (χ3n) is 4.29. The number of halogens is 3. The van der Waals surface area contributed by atoms with Crippen LogP contribution in [0, 0.1) is 0 Å². The van der Waals surface area contributed by atoms with Gasteiger partial charge in [0.25, 0.3) is 0 Å². The molecule has 1 saturated heterocycles. The fourth-order valence-electron chi connectivity index (χ4n) is 3.09. The maximum Gasteiger partial charge on any atom is 0.433 e. The molecule has 0 spiro atoms. The van der Waals surface area contributed by atoms with Gasteiger partial charge in [0.05, 0.1) is 6.61 Å². The molecule has 1 fully saturated rings. The highest BCUT2D eigenvalue weighted by atomic mass is 19.4. The van der Waals surface area contributed by atoms with E-state index in [0.717, 1.165) is 30.9 Å². The second-order valence-electron chi connectivity index (χ2n) is 6.00. The average molecular weight is 355 g/mol. The molecule has 1 aliphatic heterocycles. The van der Waals surface area contributed by atoms with Gasteiger partial charge in [-0.25, -0.2) is 15.0 Å². The highest BCUT2D eigenvalue weighted by Gasteiger charge is 2.34. The monoisotopic (exact) mass is 355 g/mol. The highest BCUT2D eigenvalue weighted by molar-refractivity contribution is 5.33. The molecular weight excluding hydrogens is 335 g/mol. The second kappa shape index (κ2) is 7.38. The maximum absolute atomic E-state index is 12.9. The van der Waals surface area contributed by atoms with Gasteiger partial charge in [0, 0.05) is 51.3 Å². The van der Waals surface area contributed by atoms with Crippen LogP contribution in [-0.2, 0) is 17.5 Å². The Hall–Kier alpha value is -2.16. The quantitative estimate of drug-likeness (QED) is 0.825. The van der Waals surface area contributed by atoms with Gasteiger partial charge in [-0.15, -0.1) is 0 Å². The molecule has 0 aliphatic carbocycles. The Labute approximate surface area is 143 Å². The maximum atomic E-state index is 12.9. The van der Waals surface area contributed by atoms with Crippen LogP contribution in [0.4, 0.5) is 19.1 Å². The smallest absolute Gasteiger partial charge is 0.383 e. The molecule has 2 aromatic heterocycles. The molecule has 3 heterocycles. The Morgan fingerprint density at radius 3 is 2.88 bits per heavy atom. The summed E-state index contributed by atoms with van der Waals surface area (Å²) in [6.07, 6.45) is 2.11. The molecule has 3 rings (SSSR count). The van der Waals surface area contributed by atoms with Crippen molar-refractivity contribution < 1.29 is 17.9 Å². The number of alkyl halides is 3. The van der Waals surface area contributed by atoms with Crippen LogP contribution in [0.15, 0.2) is 24.7 Å². The molecule has 0 amide bonds. The summed E-state index contributed by atoms with van der Waals surface area (Å²) in [5.41, 5.74) is -0.916. The summed E-state index contributed by atoms with van der Waals surface area (Å²) in [6, 6.07) is 0.891. The molecule has 1 aliphatic rings. The minimum Gasteiger partial charge on any atom is -0.383 e. The molecule has 0 bridgehead atoms. The van der Waals surface area contributed by atoms with E-state index < -0.39 is 11.9 Å². The number of piperidine rings is 1. The fraction of sp³-hybridized carbons (Fsp3) is 0.562. The van der Waals surface area contributed by atoms with E-state index in [1.54, 1.807) is 18.2 Å². The minimum absolute atomic E-state index is 0.120. The van der Waals surface area contributed by atoms with E-state index >= 15 is 0 Å². The molecule has 2 aromatic rings. The van der Waals surface area contributed by atoms with Crippen molar-refractivity contribution in [1.29, 1.82) is 0 Å². The summed E-state index contributed by atoms with van der Waals surface area (Å²) in [4.78, 5) is 14.0. The summed E-state index contributed by atoms with van der Waals surface area (Å²) >= 11 is 0. The lowest BCUT2D eigenvalue weighted by Gasteiger charge is -2.32. The second-order valence-corrected chi connectivity index (χ2v) is 6.00. The molecule has 6 nitrogen and oxygen atoms in total. The first-order chi connectivity index (χ1) is 12.0. The lowest BCUT2D eigenvalue weighted by atomic mass is 9.97. The van der Waals surface area contributed by atoms with E-state index in [1.165, 1.54) is 0 Å². The van der Waals surface area contributed by atoms with Crippen molar-refractivity contribution in [2.75, 3.05) is 31.7 Å². The largest absolute Gasteiger partial charge is 0.433 e. The van der Waals surface area contributed by atoms with E-state index in [1.807, 2.05) is 10.8 Å². The summed E-state index contributed by atoms with van der Waals surface area (Å²) < 4.78 is 45.8. The third kappa shape index (κ3) is 4.09. The van der Waals surface area contributed by atoms with Gasteiger partial charge in [0.2, 0.25) is 5.95 Å². The van der Waals surface area contributed by atoms with Crippen LogP contribution in [0.5, 0.6) is 0 Å². The molecule has 0 radical (unpaired) electrons. The van der Waals surface area contributed by atoms with Crippen molar-refractivity contribution >= 4 is 5.95 Å². The predicted molar refractivity (Wildman–Crippen MR) is 85.3 cm³/mol. The minimum atomic E-state index is -4.47. The van der Waals surface area contributed by atoms with Gasteiger partial charge in [-0.2, -0.15) is 13.2 Å². The molecule has 0 saturated carbocycles. The number of nitrogens with zero attached hydrogens (tertiary/aromatic N) is 5. The van der Waals surface area contributed by atoms with Crippen molar-refractivity contribution in [2.45, 2.75) is 31.5 Å². The molecule has 136 valence electrons. The summed E-state index contributed by atoms with van der Waals surface area (Å²) in [7, 11) is 1.64. The van der Waals surface area contributed by atoms with Gasteiger partial charge < -0.3 is 14.2 Å². The van der Waals surface area contributed by atoms with Gasteiger partial charge in [0.15, 0.2) is 0 Å². The van der Waals surface area contributed by atoms with Gasteiger partial charge in [-0.05, 0) is 18.9 Å². The van der Waals surface area contributed by atoms with E-state index in [-0.39, 0.29) is 11.9 Å². The SMILES string of the molecule is COCCn1ccnc1C1CCCN(c2nccc(C(F)(F)F)n2)C1. The van der Waals surface area contributed by atoms with Crippen LogP contribution in [-0.4, -0.2) is 46.3 Å². The highest BCUT2D eigenvalue weighted by Crippen LogP contribution is 2.31. The zero-order valence-corrected chi connectivity index (χ0v) is 13.9. The number of aromatic nitrogens is 4. The van der Waals surface area contributed by atoms with E-state index in [4.69, 9.17) is 4.74 Å². The van der Waals surface area contributed by atoms with Crippen LogP contribution < -0.4 is 4.90 Å². The molecule has 9 heteroatoms. The number of rotatable bonds is 5. The zero-order valence-electron chi connectivity index (χ0n) is 13.9. The Kier molecular flexibility index (Phi) is 5.22. The van der Waals surface area contributed by atoms with E-state index in [2.05, 4.69) is 15.0 Å². The fourth-order valence-corrected chi connectivity index (χ4v) is 3.09. The zero-order chi connectivity index (χ0) is 17.9. The van der Waals surface area contributed by atoms with Gasteiger partial charge >= 0.3 is 6.18 Å². The summed E-state index contributed by atoms with van der Waals surface area (Å²) in [5.74, 6) is 1.17. The molecule has 1 unspecified atom stereocenters. The number of ether oxygens (including phenoxy) is 1. The molecule has 0 aromatic carbocycles. The first kappa shape index (κ1) is 17.7. The van der Waals surface area contributed by atoms with Crippen LogP contribution in [0.2, 0.25) is 0 Å². The first-order valence-corrected chi connectivity index (χ1v) is 8.14. The Bertz CT molecular complexity index is 703.